The molecule has 9 nitrogen and oxygen atoms in total. The van der Waals surface area contributed by atoms with Gasteiger partial charge in [-0.2, -0.15) is 0 Å². The second-order valence-corrected chi connectivity index (χ2v) is 8.41. The number of thioether (sulfide) groups is 1. The molecule has 0 radical (unpaired) electrons. The molecule has 0 fully saturated rings. The molecule has 12 heteroatoms. The van der Waals surface area contributed by atoms with Gasteiger partial charge in [0, 0.05) is 17.5 Å². The Balaban J connectivity index is 1.60. The van der Waals surface area contributed by atoms with Gasteiger partial charge in [0.25, 0.3) is 0 Å². The monoisotopic (exact) mass is 481 g/mol. The van der Waals surface area contributed by atoms with Crippen molar-refractivity contribution < 1.29 is 19.1 Å². The molecule has 0 atom stereocenters. The summed E-state index contributed by atoms with van der Waals surface area (Å²) in [4.78, 5) is 28.1. The minimum Gasteiger partial charge on any atom is -0.496 e. The minimum atomic E-state index is -0.351. The number of aromatic nitrogens is 4. The molecule has 2 aromatic heterocycles. The van der Waals surface area contributed by atoms with Crippen molar-refractivity contribution in [2.75, 3.05) is 24.8 Å². The fraction of sp³-hybridized carbons (Fsp3) is 0.316. The van der Waals surface area contributed by atoms with Crippen LogP contribution in [0.5, 0.6) is 5.75 Å². The molecule has 31 heavy (non-hydrogen) atoms. The molecule has 3 rings (SSSR count). The van der Waals surface area contributed by atoms with E-state index in [1.807, 2.05) is 0 Å². The predicted molar refractivity (Wildman–Crippen MR) is 120 cm³/mol. The molecular formula is C19H20ClN5O4S2. The Morgan fingerprint density at radius 1 is 1.32 bits per heavy atom. The van der Waals surface area contributed by atoms with E-state index in [1.165, 1.54) is 23.1 Å². The van der Waals surface area contributed by atoms with Crippen LogP contribution in [0, 0.1) is 0 Å². The molecule has 0 spiro atoms. The number of carbonyl (C=O) groups is 2. The lowest BCUT2D eigenvalue weighted by Gasteiger charge is -2.09. The summed E-state index contributed by atoms with van der Waals surface area (Å²) >= 11 is 8.59. The summed E-state index contributed by atoms with van der Waals surface area (Å²) in [6, 6.07) is 5.25. The Labute approximate surface area is 192 Å². The zero-order valence-corrected chi connectivity index (χ0v) is 19.4. The Morgan fingerprint density at radius 2 is 2.13 bits per heavy atom. The van der Waals surface area contributed by atoms with Gasteiger partial charge >= 0.3 is 5.97 Å². The van der Waals surface area contributed by atoms with Crippen LogP contribution in [0.3, 0.4) is 0 Å². The fourth-order valence-corrected chi connectivity index (χ4v) is 4.23. The van der Waals surface area contributed by atoms with E-state index in [1.54, 1.807) is 49.2 Å². The highest BCUT2D eigenvalue weighted by atomic mass is 35.5. The van der Waals surface area contributed by atoms with E-state index in [9.17, 15) is 9.59 Å². The summed E-state index contributed by atoms with van der Waals surface area (Å²) in [5.41, 5.74) is 1.26. The number of rotatable bonds is 9. The van der Waals surface area contributed by atoms with E-state index in [2.05, 4.69) is 20.5 Å². The number of methoxy groups -OCH3 is 1. The second kappa shape index (κ2) is 10.6. The van der Waals surface area contributed by atoms with Crippen molar-refractivity contribution in [1.82, 2.24) is 19.7 Å². The average molecular weight is 482 g/mol. The van der Waals surface area contributed by atoms with Crippen molar-refractivity contribution in [2.24, 2.45) is 7.05 Å². The first-order chi connectivity index (χ1) is 14.9. The first-order valence-electron chi connectivity index (χ1n) is 9.17. The first-order valence-corrected chi connectivity index (χ1v) is 11.4. The summed E-state index contributed by atoms with van der Waals surface area (Å²) < 4.78 is 12.0. The quantitative estimate of drug-likeness (QED) is 0.365. The summed E-state index contributed by atoms with van der Waals surface area (Å²) in [7, 11) is 3.37. The normalized spacial score (nSPS) is 10.7. The topological polar surface area (TPSA) is 108 Å². The van der Waals surface area contributed by atoms with Gasteiger partial charge in [-0.05, 0) is 25.1 Å². The van der Waals surface area contributed by atoms with Crippen molar-refractivity contribution >= 4 is 51.7 Å². The van der Waals surface area contributed by atoms with Gasteiger partial charge in [0.2, 0.25) is 5.91 Å². The van der Waals surface area contributed by atoms with Gasteiger partial charge in [-0.15, -0.1) is 21.5 Å². The Morgan fingerprint density at radius 3 is 2.87 bits per heavy atom. The van der Waals surface area contributed by atoms with Crippen molar-refractivity contribution in [3.05, 3.63) is 34.3 Å². The van der Waals surface area contributed by atoms with E-state index in [0.29, 0.717) is 44.7 Å². The second-order valence-electron chi connectivity index (χ2n) is 6.17. The van der Waals surface area contributed by atoms with E-state index < -0.39 is 0 Å². The number of hydrogen-bond acceptors (Lipinski definition) is 9. The summed E-state index contributed by atoms with van der Waals surface area (Å²) in [5.74, 6) is 0.718. The third-order valence-corrected chi connectivity index (χ3v) is 6.06. The van der Waals surface area contributed by atoms with E-state index in [-0.39, 0.29) is 24.1 Å². The maximum atomic E-state index is 12.3. The largest absolute Gasteiger partial charge is 0.496 e. The number of thiazole rings is 1. The van der Waals surface area contributed by atoms with Crippen molar-refractivity contribution in [2.45, 2.75) is 18.5 Å². The Kier molecular flexibility index (Phi) is 7.88. The molecule has 0 unspecified atom stereocenters. The summed E-state index contributed by atoms with van der Waals surface area (Å²) in [5, 5.41) is 14.4. The van der Waals surface area contributed by atoms with Gasteiger partial charge < -0.3 is 19.4 Å². The lowest BCUT2D eigenvalue weighted by atomic mass is 10.2. The van der Waals surface area contributed by atoms with Crippen LogP contribution in [0.25, 0.3) is 11.4 Å². The molecule has 0 aliphatic heterocycles. The number of hydrogen-bond donors (Lipinski definition) is 1. The van der Waals surface area contributed by atoms with Gasteiger partial charge in [0.15, 0.2) is 16.1 Å². The standard InChI is InChI=1S/C19H20ClN5O4S2/c1-4-29-16(27)8-12-9-30-18(21-12)22-15(26)10-31-19-24-23-17(25(19)2)13-7-11(20)5-6-14(13)28-3/h5-7,9H,4,8,10H2,1-3H3,(H,21,22,26). The zero-order valence-electron chi connectivity index (χ0n) is 17.0. The van der Waals surface area contributed by atoms with Gasteiger partial charge in [0.1, 0.15) is 5.75 Å². The van der Waals surface area contributed by atoms with Crippen molar-refractivity contribution in [1.29, 1.82) is 0 Å². The van der Waals surface area contributed by atoms with Gasteiger partial charge in [-0.1, -0.05) is 23.4 Å². The lowest BCUT2D eigenvalue weighted by molar-refractivity contribution is -0.142. The number of ether oxygens (including phenoxy) is 2. The van der Waals surface area contributed by atoms with Crippen LogP contribution in [0.4, 0.5) is 5.13 Å². The maximum Gasteiger partial charge on any atom is 0.311 e. The Hall–Kier alpha value is -2.63. The fourth-order valence-electron chi connectivity index (χ4n) is 2.62. The van der Waals surface area contributed by atoms with Gasteiger partial charge in [0.05, 0.1) is 37.1 Å². The molecule has 0 aliphatic carbocycles. The number of esters is 1. The average Bonchev–Trinajstić information content (AvgIpc) is 3.32. The van der Waals surface area contributed by atoms with Crippen molar-refractivity contribution in [3.63, 3.8) is 0 Å². The third-order valence-electron chi connectivity index (χ3n) is 4.00. The van der Waals surface area contributed by atoms with Crippen LogP contribution in [0.2, 0.25) is 5.02 Å². The zero-order chi connectivity index (χ0) is 22.4. The molecule has 0 saturated heterocycles. The summed E-state index contributed by atoms with van der Waals surface area (Å²) in [6.45, 7) is 2.06. The molecule has 1 amide bonds. The first kappa shape index (κ1) is 23.0. The number of carbonyl (C=O) groups excluding carboxylic acids is 2. The van der Waals surface area contributed by atoms with E-state index >= 15 is 0 Å². The van der Waals surface area contributed by atoms with Gasteiger partial charge in [-0.25, -0.2) is 4.98 Å². The molecule has 1 N–H and O–H groups in total. The number of halogens is 1. The molecular weight excluding hydrogens is 462 g/mol. The van der Waals surface area contributed by atoms with Gasteiger partial charge in [-0.3, -0.25) is 9.59 Å². The van der Waals surface area contributed by atoms with Crippen LogP contribution < -0.4 is 10.1 Å². The number of nitrogens with one attached hydrogen (secondary N) is 1. The molecule has 164 valence electrons. The molecule has 0 aliphatic rings. The maximum absolute atomic E-state index is 12.3. The number of anilines is 1. The highest BCUT2D eigenvalue weighted by Gasteiger charge is 2.17. The predicted octanol–water partition coefficient (Wildman–Crippen LogP) is 3.44. The van der Waals surface area contributed by atoms with Crippen LogP contribution in [0.1, 0.15) is 12.6 Å². The van der Waals surface area contributed by atoms with E-state index in [4.69, 9.17) is 21.1 Å². The molecule has 0 bridgehead atoms. The van der Waals surface area contributed by atoms with Crippen LogP contribution in [-0.4, -0.2) is 51.1 Å². The number of benzene rings is 1. The number of nitrogens with zero attached hydrogens (tertiary/aromatic N) is 4. The van der Waals surface area contributed by atoms with E-state index in [0.717, 1.165) is 0 Å². The minimum absolute atomic E-state index is 0.0731. The SMILES string of the molecule is CCOC(=O)Cc1csc(NC(=O)CSc2nnc(-c3cc(Cl)ccc3OC)n2C)n1. The molecule has 2 heterocycles. The van der Waals surface area contributed by atoms with Crippen LogP contribution >= 0.6 is 34.7 Å². The highest BCUT2D eigenvalue weighted by molar-refractivity contribution is 7.99. The smallest absolute Gasteiger partial charge is 0.311 e. The van der Waals surface area contributed by atoms with Crippen LogP contribution in [-0.2, 0) is 27.8 Å². The number of amides is 1. The van der Waals surface area contributed by atoms with Crippen molar-refractivity contribution in [3.8, 4) is 17.1 Å². The molecule has 3 aromatic rings. The summed E-state index contributed by atoms with van der Waals surface area (Å²) in [6.07, 6.45) is 0.0731. The highest BCUT2D eigenvalue weighted by Crippen LogP contribution is 2.32. The lowest BCUT2D eigenvalue weighted by Crippen LogP contribution is -2.14. The molecule has 1 aromatic carbocycles. The Bertz CT molecular complexity index is 1090. The molecule has 0 saturated carbocycles. The third kappa shape index (κ3) is 5.96. The van der Waals surface area contributed by atoms with Crippen LogP contribution in [0.15, 0.2) is 28.7 Å².